The smallest absolute Gasteiger partial charge is 0.136 e. The van der Waals surface area contributed by atoms with E-state index >= 15 is 0 Å². The summed E-state index contributed by atoms with van der Waals surface area (Å²) < 4.78 is 46.6. The summed E-state index contributed by atoms with van der Waals surface area (Å²) in [6, 6.07) is 4.42. The van der Waals surface area contributed by atoms with Crippen molar-refractivity contribution in [3.63, 3.8) is 0 Å². The molecule has 6 heteroatoms. The third kappa shape index (κ3) is 6.15. The van der Waals surface area contributed by atoms with E-state index in [1.807, 2.05) is 6.92 Å². The van der Waals surface area contributed by atoms with E-state index in [4.69, 9.17) is 16.3 Å². The number of likely N-dealkylation sites (tertiary alicyclic amines) is 1. The predicted octanol–water partition coefficient (Wildman–Crippen LogP) is 5.79. The van der Waals surface area contributed by atoms with Crippen molar-refractivity contribution in [3.05, 3.63) is 58.7 Å². The third-order valence-electron chi connectivity index (χ3n) is 4.66. The highest BCUT2D eigenvalue weighted by Crippen LogP contribution is 2.32. The van der Waals surface area contributed by atoms with E-state index < -0.39 is 5.67 Å². The molecule has 1 unspecified atom stereocenters. The van der Waals surface area contributed by atoms with Crippen molar-refractivity contribution in [1.29, 1.82) is 0 Å². The number of allylic oxidation sites excluding steroid dienone is 1. The standard InChI is InChI=1S/C20H25ClF3NO/c1-14(8-15(2)22)12-26-13-20(24)4-6-25(7-5-20)16(3)17-9-18(21)11-19(23)10-17/h8-11,16H,1,4-7,12-13H2,2-3H3/b15-8+. The van der Waals surface area contributed by atoms with Crippen molar-refractivity contribution >= 4 is 11.6 Å². The van der Waals surface area contributed by atoms with Gasteiger partial charge < -0.3 is 4.74 Å². The SMILES string of the molecule is C=C(/C=C(\C)F)COCC1(F)CCN(C(C)c2cc(F)cc(Cl)c2)CC1. The maximum Gasteiger partial charge on any atom is 0.136 e. The quantitative estimate of drug-likeness (QED) is 0.549. The summed E-state index contributed by atoms with van der Waals surface area (Å²) in [7, 11) is 0. The van der Waals surface area contributed by atoms with Gasteiger partial charge in [0, 0.05) is 24.2 Å². The molecule has 26 heavy (non-hydrogen) atoms. The molecule has 0 bridgehead atoms. The zero-order valence-corrected chi connectivity index (χ0v) is 16.0. The van der Waals surface area contributed by atoms with Crippen LogP contribution >= 0.6 is 11.6 Å². The van der Waals surface area contributed by atoms with Crippen LogP contribution in [0.5, 0.6) is 0 Å². The second-order valence-corrected chi connectivity index (χ2v) is 7.38. The molecule has 0 spiro atoms. The van der Waals surface area contributed by atoms with Gasteiger partial charge in [-0.05, 0) is 62.1 Å². The van der Waals surface area contributed by atoms with Gasteiger partial charge in [0.15, 0.2) is 0 Å². The summed E-state index contributed by atoms with van der Waals surface area (Å²) >= 11 is 5.92. The summed E-state index contributed by atoms with van der Waals surface area (Å²) in [6.45, 7) is 8.10. The Hall–Kier alpha value is -1.30. The van der Waals surface area contributed by atoms with Crippen molar-refractivity contribution in [2.24, 2.45) is 0 Å². The first kappa shape index (κ1) is 21.0. The van der Waals surface area contributed by atoms with Crippen LogP contribution in [0.2, 0.25) is 5.02 Å². The molecule has 144 valence electrons. The molecule has 1 atom stereocenters. The molecule has 1 heterocycles. The van der Waals surface area contributed by atoms with E-state index in [1.165, 1.54) is 25.1 Å². The van der Waals surface area contributed by atoms with Gasteiger partial charge in [0.1, 0.15) is 11.5 Å². The largest absolute Gasteiger partial charge is 0.373 e. The molecule has 1 saturated heterocycles. The Morgan fingerprint density at radius 2 is 2.04 bits per heavy atom. The first-order valence-electron chi connectivity index (χ1n) is 8.67. The summed E-state index contributed by atoms with van der Waals surface area (Å²) in [6.07, 6.45) is 1.93. The number of hydrogen-bond acceptors (Lipinski definition) is 2. The van der Waals surface area contributed by atoms with Crippen molar-refractivity contribution in [1.82, 2.24) is 4.90 Å². The number of piperidine rings is 1. The molecule has 0 radical (unpaired) electrons. The molecule has 2 rings (SSSR count). The first-order chi connectivity index (χ1) is 12.2. The molecular weight excluding hydrogens is 363 g/mol. The van der Waals surface area contributed by atoms with E-state index in [0.717, 1.165) is 5.56 Å². The van der Waals surface area contributed by atoms with Crippen LogP contribution in [0.25, 0.3) is 0 Å². The van der Waals surface area contributed by atoms with E-state index in [9.17, 15) is 13.2 Å². The number of hydrogen-bond donors (Lipinski definition) is 0. The summed E-state index contributed by atoms with van der Waals surface area (Å²) in [5, 5.41) is 0.356. The van der Waals surface area contributed by atoms with Crippen LogP contribution in [0.15, 0.2) is 42.3 Å². The Kier molecular flexibility index (Phi) is 7.33. The second kappa shape index (κ2) is 9.07. The Balaban J connectivity index is 1.85. The highest BCUT2D eigenvalue weighted by Gasteiger charge is 2.36. The van der Waals surface area contributed by atoms with Crippen LogP contribution in [0.4, 0.5) is 13.2 Å². The Labute approximate surface area is 158 Å². The van der Waals surface area contributed by atoms with Crippen molar-refractivity contribution < 1.29 is 17.9 Å². The van der Waals surface area contributed by atoms with Crippen molar-refractivity contribution in [2.45, 2.75) is 38.4 Å². The fourth-order valence-corrected chi connectivity index (χ4v) is 3.40. The number of ether oxygens (including phenoxy) is 1. The van der Waals surface area contributed by atoms with Gasteiger partial charge >= 0.3 is 0 Å². The molecule has 1 fully saturated rings. The molecular formula is C20H25ClF3NO. The van der Waals surface area contributed by atoms with Gasteiger partial charge in [-0.3, -0.25) is 4.90 Å². The Bertz CT molecular complexity index is 645. The fourth-order valence-electron chi connectivity index (χ4n) is 3.17. The molecule has 1 aliphatic heterocycles. The van der Waals surface area contributed by atoms with E-state index in [0.29, 0.717) is 36.5 Å². The first-order valence-corrected chi connectivity index (χ1v) is 9.05. The number of alkyl halides is 1. The Morgan fingerprint density at radius 3 is 2.62 bits per heavy atom. The molecule has 0 amide bonds. The second-order valence-electron chi connectivity index (χ2n) is 6.95. The molecule has 0 N–H and O–H groups in total. The van der Waals surface area contributed by atoms with Gasteiger partial charge in [0.05, 0.1) is 19.0 Å². The highest BCUT2D eigenvalue weighted by molar-refractivity contribution is 6.30. The lowest BCUT2D eigenvalue weighted by molar-refractivity contribution is -0.0257. The van der Waals surface area contributed by atoms with Gasteiger partial charge in [-0.25, -0.2) is 13.2 Å². The maximum atomic E-state index is 14.9. The van der Waals surface area contributed by atoms with Crippen LogP contribution < -0.4 is 0 Å². The van der Waals surface area contributed by atoms with Gasteiger partial charge in [-0.15, -0.1) is 0 Å². The zero-order chi connectivity index (χ0) is 19.3. The van der Waals surface area contributed by atoms with E-state index in [-0.39, 0.29) is 30.9 Å². The van der Waals surface area contributed by atoms with Gasteiger partial charge in [0.25, 0.3) is 0 Å². The van der Waals surface area contributed by atoms with Crippen LogP contribution in [0.1, 0.15) is 38.3 Å². The lowest BCUT2D eigenvalue weighted by Crippen LogP contribution is -2.45. The number of halogens is 4. The summed E-state index contributed by atoms with van der Waals surface area (Å²) in [5.74, 6) is -0.726. The summed E-state index contributed by atoms with van der Waals surface area (Å²) in [5.41, 5.74) is -0.158. The average Bonchev–Trinajstić information content (AvgIpc) is 2.53. The summed E-state index contributed by atoms with van der Waals surface area (Å²) in [4.78, 5) is 2.11. The van der Waals surface area contributed by atoms with Gasteiger partial charge in [-0.2, -0.15) is 0 Å². The van der Waals surface area contributed by atoms with E-state index in [1.54, 1.807) is 6.07 Å². The molecule has 1 aromatic rings. The third-order valence-corrected chi connectivity index (χ3v) is 4.88. The van der Waals surface area contributed by atoms with Crippen LogP contribution in [-0.4, -0.2) is 36.9 Å². The van der Waals surface area contributed by atoms with Crippen LogP contribution in [-0.2, 0) is 4.74 Å². The monoisotopic (exact) mass is 387 g/mol. The maximum absolute atomic E-state index is 14.9. The molecule has 1 aliphatic rings. The highest BCUT2D eigenvalue weighted by atomic mass is 35.5. The minimum atomic E-state index is -1.41. The topological polar surface area (TPSA) is 12.5 Å². The molecule has 0 saturated carbocycles. The van der Waals surface area contributed by atoms with Crippen molar-refractivity contribution in [3.8, 4) is 0 Å². The lowest BCUT2D eigenvalue weighted by atomic mass is 9.92. The minimum absolute atomic E-state index is 0.0425. The Morgan fingerprint density at radius 1 is 1.38 bits per heavy atom. The normalized spacial score (nSPS) is 19.4. The average molecular weight is 388 g/mol. The predicted molar refractivity (Wildman–Crippen MR) is 99.3 cm³/mol. The van der Waals surface area contributed by atoms with E-state index in [2.05, 4.69) is 11.5 Å². The van der Waals surface area contributed by atoms with Gasteiger partial charge in [-0.1, -0.05) is 18.2 Å². The van der Waals surface area contributed by atoms with Crippen LogP contribution in [0.3, 0.4) is 0 Å². The molecule has 2 nitrogen and oxygen atoms in total. The minimum Gasteiger partial charge on any atom is -0.373 e. The van der Waals surface area contributed by atoms with Crippen LogP contribution in [0, 0.1) is 5.82 Å². The number of benzene rings is 1. The van der Waals surface area contributed by atoms with Crippen molar-refractivity contribution in [2.75, 3.05) is 26.3 Å². The lowest BCUT2D eigenvalue weighted by Gasteiger charge is -2.39. The number of rotatable bonds is 7. The zero-order valence-electron chi connectivity index (χ0n) is 15.2. The number of nitrogens with zero attached hydrogens (tertiary/aromatic N) is 1. The molecule has 0 aliphatic carbocycles. The molecule has 0 aromatic heterocycles. The van der Waals surface area contributed by atoms with Gasteiger partial charge in [0.2, 0.25) is 0 Å². The molecule has 1 aromatic carbocycles. The fraction of sp³-hybridized carbons (Fsp3) is 0.500.